The van der Waals surface area contributed by atoms with E-state index in [1.54, 1.807) is 24.3 Å². The first-order valence-corrected chi connectivity index (χ1v) is 10.6. The van der Waals surface area contributed by atoms with Gasteiger partial charge in [-0.2, -0.15) is 15.4 Å². The zero-order chi connectivity index (χ0) is 21.1. The van der Waals surface area contributed by atoms with E-state index in [9.17, 15) is 9.59 Å². The van der Waals surface area contributed by atoms with Crippen molar-refractivity contribution in [3.63, 3.8) is 0 Å². The van der Waals surface area contributed by atoms with Crippen LogP contribution in [0.5, 0.6) is 0 Å². The first-order chi connectivity index (χ1) is 14.5. The van der Waals surface area contributed by atoms with Gasteiger partial charge in [0.2, 0.25) is 5.91 Å². The number of aromatic amines is 1. The van der Waals surface area contributed by atoms with Crippen molar-refractivity contribution in [2.45, 2.75) is 31.7 Å². The Morgan fingerprint density at radius 1 is 1.03 bits per heavy atom. The second kappa shape index (κ2) is 9.02. The number of carbonyl (C=O) groups is 2. The Labute approximate surface area is 183 Å². The van der Waals surface area contributed by atoms with Crippen molar-refractivity contribution in [1.29, 1.82) is 0 Å². The molecule has 3 aromatic rings. The molecule has 0 radical (unpaired) electrons. The number of hydrogen-bond acceptors (Lipinski definition) is 4. The maximum atomic E-state index is 12.5. The van der Waals surface area contributed by atoms with Crippen LogP contribution in [-0.2, 0) is 11.2 Å². The number of benzene rings is 2. The highest BCUT2D eigenvalue weighted by atomic mass is 35.5. The molecule has 0 atom stereocenters. The number of likely N-dealkylation sites (tertiary alicyclic amines) is 1. The van der Waals surface area contributed by atoms with E-state index in [4.69, 9.17) is 23.2 Å². The molecular weight excluding hydrogens is 425 g/mol. The van der Waals surface area contributed by atoms with Crippen molar-refractivity contribution in [3.05, 3.63) is 57.6 Å². The van der Waals surface area contributed by atoms with Gasteiger partial charge in [0.25, 0.3) is 5.91 Å². The van der Waals surface area contributed by atoms with Crippen molar-refractivity contribution < 1.29 is 9.59 Å². The zero-order valence-corrected chi connectivity index (χ0v) is 17.7. The van der Waals surface area contributed by atoms with Crippen LogP contribution in [0.1, 0.15) is 35.2 Å². The van der Waals surface area contributed by atoms with Gasteiger partial charge >= 0.3 is 0 Å². The number of H-pyrrole nitrogens is 1. The van der Waals surface area contributed by atoms with Crippen molar-refractivity contribution in [3.8, 4) is 0 Å². The van der Waals surface area contributed by atoms with Crippen LogP contribution in [0.15, 0.2) is 36.4 Å². The highest BCUT2D eigenvalue weighted by molar-refractivity contribution is 6.34. The molecule has 0 spiro atoms. The molecule has 156 valence electrons. The molecule has 2 N–H and O–H groups in total. The van der Waals surface area contributed by atoms with Gasteiger partial charge in [-0.05, 0) is 61.2 Å². The Balaban J connectivity index is 1.25. The summed E-state index contributed by atoms with van der Waals surface area (Å²) < 4.78 is 0. The third-order valence-corrected chi connectivity index (χ3v) is 5.75. The maximum absolute atomic E-state index is 12.5. The fraction of sp³-hybridized carbons (Fsp3) is 0.333. The standard InChI is InChI=1S/C21H21Cl2N5O2/c22-15-9-13(10-16(23)12-15)1-4-20(29)28-7-5-17(6-8-28)24-21(30)14-2-3-18-19(11-14)26-27-25-18/h2-3,9-12,17H,1,4-8H2,(H,24,30)(H,25,26,27). The van der Waals surface area contributed by atoms with Crippen molar-refractivity contribution in [1.82, 2.24) is 25.6 Å². The molecule has 0 bridgehead atoms. The molecule has 0 aliphatic carbocycles. The number of piperidine rings is 1. The molecule has 1 aliphatic rings. The van der Waals surface area contributed by atoms with Crippen molar-refractivity contribution in [2.75, 3.05) is 13.1 Å². The Bertz CT molecular complexity index is 1060. The quantitative estimate of drug-likeness (QED) is 0.627. The van der Waals surface area contributed by atoms with Crippen molar-refractivity contribution in [2.24, 2.45) is 0 Å². The highest BCUT2D eigenvalue weighted by Crippen LogP contribution is 2.21. The fourth-order valence-electron chi connectivity index (χ4n) is 3.69. The minimum atomic E-state index is -0.137. The Morgan fingerprint density at radius 2 is 1.73 bits per heavy atom. The minimum Gasteiger partial charge on any atom is -0.349 e. The summed E-state index contributed by atoms with van der Waals surface area (Å²) in [5.74, 6) is -0.0325. The zero-order valence-electron chi connectivity index (χ0n) is 16.2. The molecule has 2 amide bonds. The average molecular weight is 446 g/mol. The van der Waals surface area contributed by atoms with Gasteiger partial charge in [0, 0.05) is 41.2 Å². The molecular formula is C21H21Cl2N5O2. The molecule has 1 aromatic heterocycles. The van der Waals surface area contributed by atoms with Gasteiger partial charge in [-0.15, -0.1) is 0 Å². The van der Waals surface area contributed by atoms with E-state index < -0.39 is 0 Å². The highest BCUT2D eigenvalue weighted by Gasteiger charge is 2.24. The first kappa shape index (κ1) is 20.6. The number of aryl methyl sites for hydroxylation is 1. The number of hydrogen-bond donors (Lipinski definition) is 2. The van der Waals surface area contributed by atoms with Crippen molar-refractivity contribution >= 4 is 46.0 Å². The molecule has 2 aromatic carbocycles. The predicted octanol–water partition coefficient (Wildman–Crippen LogP) is 3.62. The number of aromatic nitrogens is 3. The number of halogens is 2. The summed E-state index contributed by atoms with van der Waals surface area (Å²) in [6.07, 6.45) is 2.46. The van der Waals surface area contributed by atoms with Gasteiger partial charge in [0.15, 0.2) is 0 Å². The van der Waals surface area contributed by atoms with E-state index in [2.05, 4.69) is 20.7 Å². The van der Waals surface area contributed by atoms with Crippen LogP contribution in [0.2, 0.25) is 10.0 Å². The van der Waals surface area contributed by atoms with Crippen LogP contribution in [0.3, 0.4) is 0 Å². The number of nitrogens with one attached hydrogen (secondary N) is 2. The van der Waals surface area contributed by atoms with E-state index in [0.29, 0.717) is 47.1 Å². The number of carbonyl (C=O) groups excluding carboxylic acids is 2. The Kier molecular flexibility index (Phi) is 6.20. The van der Waals surface area contributed by atoms with Gasteiger partial charge in [-0.3, -0.25) is 9.59 Å². The molecule has 0 unspecified atom stereocenters. The number of nitrogens with zero attached hydrogens (tertiary/aromatic N) is 3. The molecule has 1 aliphatic heterocycles. The van der Waals surface area contributed by atoms with Gasteiger partial charge in [-0.1, -0.05) is 23.2 Å². The summed E-state index contributed by atoms with van der Waals surface area (Å²) in [6, 6.07) is 10.6. The molecule has 4 rings (SSSR count). The molecule has 7 nitrogen and oxygen atoms in total. The van der Waals surface area contributed by atoms with Crippen LogP contribution in [0.4, 0.5) is 0 Å². The molecule has 0 saturated carbocycles. The summed E-state index contributed by atoms with van der Waals surface area (Å²) in [5.41, 5.74) is 2.88. The average Bonchev–Trinajstić information content (AvgIpc) is 3.20. The second-order valence-corrected chi connectivity index (χ2v) is 8.31. The topological polar surface area (TPSA) is 91.0 Å². The van der Waals surface area contributed by atoms with Gasteiger partial charge in [0.1, 0.15) is 11.0 Å². The lowest BCUT2D eigenvalue weighted by Gasteiger charge is -2.32. The van der Waals surface area contributed by atoms with Crippen LogP contribution < -0.4 is 5.32 Å². The van der Waals surface area contributed by atoms with Crippen LogP contribution in [-0.4, -0.2) is 51.3 Å². The minimum absolute atomic E-state index is 0.0429. The fourth-order valence-corrected chi connectivity index (χ4v) is 4.26. The monoisotopic (exact) mass is 445 g/mol. The summed E-state index contributed by atoms with van der Waals surface area (Å²) in [5, 5.41) is 14.7. The van der Waals surface area contributed by atoms with Crippen LogP contribution in [0, 0.1) is 0 Å². The lowest BCUT2D eigenvalue weighted by Crippen LogP contribution is -2.46. The Morgan fingerprint density at radius 3 is 2.47 bits per heavy atom. The number of fused-ring (bicyclic) bond motifs is 1. The number of amides is 2. The SMILES string of the molecule is O=C(NC1CCN(C(=O)CCc2cc(Cl)cc(Cl)c2)CC1)c1ccc2n[nH]nc2c1. The van der Waals surface area contributed by atoms with E-state index in [1.807, 2.05) is 17.0 Å². The van der Waals surface area contributed by atoms with E-state index >= 15 is 0 Å². The lowest BCUT2D eigenvalue weighted by atomic mass is 10.0. The van der Waals surface area contributed by atoms with E-state index in [1.165, 1.54) is 0 Å². The summed E-state index contributed by atoms with van der Waals surface area (Å²) in [6.45, 7) is 1.25. The summed E-state index contributed by atoms with van der Waals surface area (Å²) >= 11 is 12.0. The third kappa shape index (κ3) is 4.91. The third-order valence-electron chi connectivity index (χ3n) is 5.31. The normalized spacial score (nSPS) is 14.8. The largest absolute Gasteiger partial charge is 0.349 e. The Hall–Kier alpha value is -2.64. The molecule has 1 saturated heterocycles. The van der Waals surface area contributed by atoms with E-state index in [0.717, 1.165) is 23.9 Å². The molecule has 2 heterocycles. The molecule has 1 fully saturated rings. The van der Waals surface area contributed by atoms with Gasteiger partial charge < -0.3 is 10.2 Å². The van der Waals surface area contributed by atoms with Gasteiger partial charge in [-0.25, -0.2) is 0 Å². The smallest absolute Gasteiger partial charge is 0.251 e. The van der Waals surface area contributed by atoms with Crippen LogP contribution in [0.25, 0.3) is 11.0 Å². The summed E-state index contributed by atoms with van der Waals surface area (Å²) in [4.78, 5) is 26.9. The number of rotatable bonds is 5. The first-order valence-electron chi connectivity index (χ1n) is 9.82. The predicted molar refractivity (Wildman–Crippen MR) is 116 cm³/mol. The van der Waals surface area contributed by atoms with E-state index in [-0.39, 0.29) is 17.9 Å². The summed E-state index contributed by atoms with van der Waals surface area (Å²) in [7, 11) is 0. The van der Waals surface area contributed by atoms with Gasteiger partial charge in [0.05, 0.1) is 0 Å². The molecule has 30 heavy (non-hydrogen) atoms. The maximum Gasteiger partial charge on any atom is 0.251 e. The lowest BCUT2D eigenvalue weighted by molar-refractivity contribution is -0.132. The molecule has 9 heteroatoms. The second-order valence-electron chi connectivity index (χ2n) is 7.43. The van der Waals surface area contributed by atoms with Crippen LogP contribution >= 0.6 is 23.2 Å².